The van der Waals surface area contributed by atoms with Crippen LogP contribution in [-0.2, 0) is 6.42 Å². The fraction of sp³-hybridized carbons (Fsp3) is 0.143. The van der Waals surface area contributed by atoms with Crippen molar-refractivity contribution in [3.8, 4) is 0 Å². The van der Waals surface area contributed by atoms with Crippen LogP contribution < -0.4 is 10.6 Å². The van der Waals surface area contributed by atoms with Crippen LogP contribution in [0.3, 0.4) is 0 Å². The van der Waals surface area contributed by atoms with Crippen LogP contribution in [0.5, 0.6) is 0 Å². The van der Waals surface area contributed by atoms with Gasteiger partial charge in [-0.05, 0) is 42.7 Å². The molecule has 1 heterocycles. The normalized spacial score (nSPS) is 14.5. The van der Waals surface area contributed by atoms with Crippen LogP contribution in [0.4, 0.5) is 0 Å². The fourth-order valence-corrected chi connectivity index (χ4v) is 4.36. The number of hydrogen-bond donors (Lipinski definition) is 0. The smallest absolute Gasteiger partial charge is 0.00129 e. The van der Waals surface area contributed by atoms with E-state index in [0.717, 1.165) is 6.42 Å². The Hall–Kier alpha value is -1.13. The molecule has 0 N–H and O–H groups in total. The topological polar surface area (TPSA) is 0 Å². The molecule has 2 aromatic carbocycles. The largest absolute Gasteiger partial charge is 0.0619 e. The molecule has 1 aliphatic heterocycles. The van der Waals surface area contributed by atoms with E-state index in [2.05, 4.69) is 55.2 Å². The summed E-state index contributed by atoms with van der Waals surface area (Å²) in [5.74, 6) is 0. The lowest BCUT2D eigenvalue weighted by Gasteiger charge is -2.25. The molecule has 0 spiro atoms. The molecule has 0 fully saturated rings. The van der Waals surface area contributed by atoms with Gasteiger partial charge in [-0.1, -0.05) is 48.5 Å². The summed E-state index contributed by atoms with van der Waals surface area (Å²) in [6.45, 7) is 2.37. The molecule has 0 bridgehead atoms. The van der Waals surface area contributed by atoms with Gasteiger partial charge in [0.25, 0.3) is 0 Å². The van der Waals surface area contributed by atoms with E-state index < -0.39 is 0 Å². The third-order valence-corrected chi connectivity index (χ3v) is 5.40. The highest BCUT2D eigenvalue weighted by Crippen LogP contribution is 2.36. The summed E-state index contributed by atoms with van der Waals surface area (Å²) >= 11 is 0. The first-order valence-electron chi connectivity index (χ1n) is 5.26. The van der Waals surface area contributed by atoms with E-state index in [1.54, 1.807) is 10.6 Å². The van der Waals surface area contributed by atoms with Crippen LogP contribution >= 0.6 is 7.92 Å². The van der Waals surface area contributed by atoms with Crippen molar-refractivity contribution >= 4 is 18.5 Å². The predicted molar refractivity (Wildman–Crippen MR) is 67.8 cm³/mol. The van der Waals surface area contributed by atoms with Crippen molar-refractivity contribution in [1.82, 2.24) is 0 Å². The lowest BCUT2D eigenvalue weighted by molar-refractivity contribution is 1.21. The SMILES string of the molecule is CP1c2ccccc2Cc2ccccc21. The van der Waals surface area contributed by atoms with Crippen molar-refractivity contribution < 1.29 is 0 Å². The molecule has 0 atom stereocenters. The van der Waals surface area contributed by atoms with E-state index in [-0.39, 0.29) is 7.92 Å². The molecule has 0 radical (unpaired) electrons. The van der Waals surface area contributed by atoms with E-state index in [1.807, 2.05) is 0 Å². The Labute approximate surface area is 91.7 Å². The lowest BCUT2D eigenvalue weighted by Crippen LogP contribution is -2.24. The van der Waals surface area contributed by atoms with Gasteiger partial charge >= 0.3 is 0 Å². The molecule has 0 amide bonds. The summed E-state index contributed by atoms with van der Waals surface area (Å²) < 4.78 is 0. The highest BCUT2D eigenvalue weighted by molar-refractivity contribution is 7.72. The molecule has 1 aliphatic rings. The molecule has 0 saturated carbocycles. The van der Waals surface area contributed by atoms with Crippen molar-refractivity contribution in [1.29, 1.82) is 0 Å². The van der Waals surface area contributed by atoms with Crippen LogP contribution in [0.2, 0.25) is 0 Å². The molecule has 74 valence electrons. The van der Waals surface area contributed by atoms with Gasteiger partial charge in [-0.3, -0.25) is 0 Å². The molecule has 0 saturated heterocycles. The molecular formula is C14H13P. The molecular weight excluding hydrogens is 199 g/mol. The zero-order valence-electron chi connectivity index (χ0n) is 8.77. The zero-order chi connectivity index (χ0) is 10.3. The second-order valence-electron chi connectivity index (χ2n) is 3.99. The minimum absolute atomic E-state index is 0.123. The third kappa shape index (κ3) is 1.41. The first-order valence-corrected chi connectivity index (χ1v) is 7.05. The van der Waals surface area contributed by atoms with E-state index in [4.69, 9.17) is 0 Å². The minimum atomic E-state index is -0.123. The quantitative estimate of drug-likeness (QED) is 0.589. The molecule has 1 heteroatoms. The Balaban J connectivity index is 2.20. The Morgan fingerprint density at radius 2 is 1.27 bits per heavy atom. The summed E-state index contributed by atoms with van der Waals surface area (Å²) in [5.41, 5.74) is 3.04. The first-order chi connectivity index (χ1) is 7.36. The van der Waals surface area contributed by atoms with Crippen molar-refractivity contribution in [2.45, 2.75) is 6.42 Å². The monoisotopic (exact) mass is 212 g/mol. The number of rotatable bonds is 0. The predicted octanol–water partition coefficient (Wildman–Crippen LogP) is 2.65. The van der Waals surface area contributed by atoms with Gasteiger partial charge in [0.2, 0.25) is 0 Å². The van der Waals surface area contributed by atoms with Gasteiger partial charge in [-0.25, -0.2) is 0 Å². The fourth-order valence-electron chi connectivity index (χ4n) is 2.31. The highest BCUT2D eigenvalue weighted by atomic mass is 31.1. The maximum atomic E-state index is 2.37. The molecule has 0 unspecified atom stereocenters. The molecule has 3 rings (SSSR count). The molecule has 0 nitrogen and oxygen atoms in total. The molecule has 15 heavy (non-hydrogen) atoms. The highest BCUT2D eigenvalue weighted by Gasteiger charge is 2.20. The summed E-state index contributed by atoms with van der Waals surface area (Å²) in [7, 11) is -0.123. The van der Waals surface area contributed by atoms with E-state index in [1.165, 1.54) is 11.1 Å². The van der Waals surface area contributed by atoms with Crippen molar-refractivity contribution in [2.24, 2.45) is 0 Å². The minimum Gasteiger partial charge on any atom is -0.0619 e. The zero-order valence-corrected chi connectivity index (χ0v) is 9.67. The number of benzene rings is 2. The van der Waals surface area contributed by atoms with Gasteiger partial charge in [-0.15, -0.1) is 0 Å². The van der Waals surface area contributed by atoms with Gasteiger partial charge in [0.05, 0.1) is 0 Å². The van der Waals surface area contributed by atoms with Crippen LogP contribution in [0.1, 0.15) is 11.1 Å². The van der Waals surface area contributed by atoms with Crippen molar-refractivity contribution in [3.05, 3.63) is 59.7 Å². The molecule has 2 aromatic rings. The van der Waals surface area contributed by atoms with Crippen LogP contribution in [0, 0.1) is 0 Å². The van der Waals surface area contributed by atoms with E-state index >= 15 is 0 Å². The Bertz CT molecular complexity index is 457. The Morgan fingerprint density at radius 3 is 1.80 bits per heavy atom. The van der Waals surface area contributed by atoms with E-state index in [9.17, 15) is 0 Å². The Kier molecular flexibility index (Phi) is 2.11. The Morgan fingerprint density at radius 1 is 0.800 bits per heavy atom. The maximum Gasteiger partial charge on any atom is -0.00129 e. The summed E-state index contributed by atoms with van der Waals surface area (Å²) in [4.78, 5) is 0. The second-order valence-corrected chi connectivity index (χ2v) is 6.07. The van der Waals surface area contributed by atoms with Gasteiger partial charge < -0.3 is 0 Å². The van der Waals surface area contributed by atoms with Crippen molar-refractivity contribution in [3.63, 3.8) is 0 Å². The second kappa shape index (κ2) is 3.47. The summed E-state index contributed by atoms with van der Waals surface area (Å²) in [6, 6.07) is 17.7. The van der Waals surface area contributed by atoms with Gasteiger partial charge in [0.1, 0.15) is 0 Å². The molecule has 0 aromatic heterocycles. The summed E-state index contributed by atoms with van der Waals surface area (Å²) in [6.07, 6.45) is 1.11. The van der Waals surface area contributed by atoms with E-state index in [0.29, 0.717) is 0 Å². The average Bonchev–Trinajstić information content (AvgIpc) is 2.30. The van der Waals surface area contributed by atoms with Gasteiger partial charge in [0.15, 0.2) is 0 Å². The standard InChI is InChI=1S/C14H13P/c1-15-13-8-4-2-6-11(13)10-12-7-3-5-9-14(12)15/h2-9H,10H2,1H3. The van der Waals surface area contributed by atoms with Gasteiger partial charge in [0, 0.05) is 0 Å². The van der Waals surface area contributed by atoms with Crippen LogP contribution in [-0.4, -0.2) is 6.66 Å². The maximum absolute atomic E-state index is 2.37. The number of hydrogen-bond acceptors (Lipinski definition) is 0. The average molecular weight is 212 g/mol. The van der Waals surface area contributed by atoms with Crippen LogP contribution in [0.25, 0.3) is 0 Å². The summed E-state index contributed by atoms with van der Waals surface area (Å²) in [5, 5.41) is 3.12. The lowest BCUT2D eigenvalue weighted by atomic mass is 10.0. The number of fused-ring (bicyclic) bond motifs is 2. The van der Waals surface area contributed by atoms with Crippen LogP contribution in [0.15, 0.2) is 48.5 Å². The first kappa shape index (κ1) is 9.12. The van der Waals surface area contributed by atoms with Crippen molar-refractivity contribution in [2.75, 3.05) is 6.66 Å². The molecule has 0 aliphatic carbocycles. The third-order valence-electron chi connectivity index (χ3n) is 3.09. The van der Waals surface area contributed by atoms with Gasteiger partial charge in [-0.2, -0.15) is 0 Å².